The van der Waals surface area contributed by atoms with E-state index in [2.05, 4.69) is 15.5 Å². The van der Waals surface area contributed by atoms with E-state index in [-0.39, 0.29) is 12.3 Å². The number of nitrogens with zero attached hydrogens (tertiary/aromatic N) is 4. The molecule has 0 aliphatic rings. The van der Waals surface area contributed by atoms with Gasteiger partial charge < -0.3 is 9.15 Å². The van der Waals surface area contributed by atoms with Gasteiger partial charge in [-0.1, -0.05) is 54.1 Å². The van der Waals surface area contributed by atoms with Crippen molar-refractivity contribution in [3.63, 3.8) is 0 Å². The molecule has 144 valence electrons. The molecule has 2 heterocycles. The van der Waals surface area contributed by atoms with Crippen LogP contribution in [0.15, 0.2) is 77.4 Å². The zero-order chi connectivity index (χ0) is 20.1. The lowest BCUT2D eigenvalue weighted by molar-refractivity contribution is -0.138. The number of tetrazole rings is 1. The number of ether oxygens (including phenoxy) is 1. The minimum atomic E-state index is -0.606. The summed E-state index contributed by atoms with van der Waals surface area (Å²) < 4.78 is 12.2. The van der Waals surface area contributed by atoms with Gasteiger partial charge in [-0.25, -0.2) is 4.79 Å². The topological polar surface area (TPSA) is 83.0 Å². The highest BCUT2D eigenvalue weighted by Crippen LogP contribution is 2.22. The van der Waals surface area contributed by atoms with E-state index in [0.717, 1.165) is 11.1 Å². The molecule has 0 N–H and O–H groups in total. The quantitative estimate of drug-likeness (QED) is 0.350. The molecule has 0 saturated heterocycles. The first-order valence-corrected chi connectivity index (χ1v) is 9.09. The van der Waals surface area contributed by atoms with Gasteiger partial charge in [-0.15, -0.1) is 5.10 Å². The fourth-order valence-electron chi connectivity index (χ4n) is 2.68. The zero-order valence-electron chi connectivity index (χ0n) is 15.1. The minimum Gasteiger partial charge on any atom is -0.465 e. The number of carbonyl (C=O) groups is 1. The largest absolute Gasteiger partial charge is 0.465 e. The van der Waals surface area contributed by atoms with Crippen molar-refractivity contribution in [3.8, 4) is 11.4 Å². The SMILES string of the molecule is O=C(OCc1cccc(Cl)c1)/C(=C/c1ccco1)n1nnnc1-c1ccccc1. The molecule has 8 heteroatoms. The number of aromatic nitrogens is 4. The summed E-state index contributed by atoms with van der Waals surface area (Å²) in [6.07, 6.45) is 3.04. The van der Waals surface area contributed by atoms with Crippen LogP contribution in [-0.2, 0) is 16.1 Å². The molecular weight excluding hydrogens is 392 g/mol. The smallest absolute Gasteiger partial charge is 0.357 e. The third-order valence-electron chi connectivity index (χ3n) is 4.02. The molecule has 0 amide bonds. The van der Waals surface area contributed by atoms with E-state index in [1.54, 1.807) is 30.3 Å². The van der Waals surface area contributed by atoms with E-state index >= 15 is 0 Å². The van der Waals surface area contributed by atoms with Gasteiger partial charge in [0.2, 0.25) is 0 Å². The molecule has 29 heavy (non-hydrogen) atoms. The summed E-state index contributed by atoms with van der Waals surface area (Å²) in [6, 6.07) is 19.9. The van der Waals surface area contributed by atoms with Crippen LogP contribution >= 0.6 is 11.6 Å². The number of hydrogen-bond donors (Lipinski definition) is 0. The second-order valence-electron chi connectivity index (χ2n) is 6.03. The Hall–Kier alpha value is -3.71. The normalized spacial score (nSPS) is 11.4. The third-order valence-corrected chi connectivity index (χ3v) is 4.26. The number of hydrogen-bond acceptors (Lipinski definition) is 6. The number of benzene rings is 2. The molecule has 0 aliphatic heterocycles. The summed E-state index contributed by atoms with van der Waals surface area (Å²) >= 11 is 5.99. The highest BCUT2D eigenvalue weighted by molar-refractivity contribution is 6.30. The van der Waals surface area contributed by atoms with E-state index in [0.29, 0.717) is 16.6 Å². The average Bonchev–Trinajstić information content (AvgIpc) is 3.43. The summed E-state index contributed by atoms with van der Waals surface area (Å²) in [5, 5.41) is 12.3. The maximum absolute atomic E-state index is 12.9. The second-order valence-corrected chi connectivity index (χ2v) is 6.47. The summed E-state index contributed by atoms with van der Waals surface area (Å²) in [6.45, 7) is 0.0533. The van der Waals surface area contributed by atoms with Crippen molar-refractivity contribution < 1.29 is 13.9 Å². The van der Waals surface area contributed by atoms with Crippen LogP contribution in [0.4, 0.5) is 0 Å². The Morgan fingerprint density at radius 3 is 2.72 bits per heavy atom. The Labute approximate surface area is 171 Å². The lowest BCUT2D eigenvalue weighted by atomic mass is 10.2. The fraction of sp³-hybridized carbons (Fsp3) is 0.0476. The van der Waals surface area contributed by atoms with Crippen molar-refractivity contribution in [2.45, 2.75) is 6.61 Å². The lowest BCUT2D eigenvalue weighted by Gasteiger charge is -2.10. The van der Waals surface area contributed by atoms with E-state index in [1.807, 2.05) is 36.4 Å². The third kappa shape index (κ3) is 4.41. The number of rotatable bonds is 6. The lowest BCUT2D eigenvalue weighted by Crippen LogP contribution is -2.15. The molecular formula is C21H15ClN4O3. The maximum Gasteiger partial charge on any atom is 0.357 e. The average molecular weight is 407 g/mol. The van der Waals surface area contributed by atoms with Gasteiger partial charge in [-0.3, -0.25) is 0 Å². The molecule has 0 atom stereocenters. The van der Waals surface area contributed by atoms with Crippen LogP contribution in [-0.4, -0.2) is 26.2 Å². The highest BCUT2D eigenvalue weighted by atomic mass is 35.5. The van der Waals surface area contributed by atoms with E-state index in [4.69, 9.17) is 20.8 Å². The number of carbonyl (C=O) groups excluding carboxylic acids is 1. The Morgan fingerprint density at radius 1 is 1.10 bits per heavy atom. The molecule has 0 radical (unpaired) electrons. The molecule has 0 fully saturated rings. The fourth-order valence-corrected chi connectivity index (χ4v) is 2.89. The van der Waals surface area contributed by atoms with Gasteiger partial charge in [0, 0.05) is 16.7 Å². The molecule has 0 aliphatic carbocycles. The minimum absolute atomic E-state index is 0.0533. The number of halogens is 1. The summed E-state index contributed by atoms with van der Waals surface area (Å²) in [7, 11) is 0. The van der Waals surface area contributed by atoms with Crippen LogP contribution in [0.1, 0.15) is 11.3 Å². The van der Waals surface area contributed by atoms with Crippen LogP contribution in [0.3, 0.4) is 0 Å². The first-order valence-electron chi connectivity index (χ1n) is 8.71. The van der Waals surface area contributed by atoms with Gasteiger partial charge in [0.05, 0.1) is 6.26 Å². The highest BCUT2D eigenvalue weighted by Gasteiger charge is 2.21. The maximum atomic E-state index is 12.9. The van der Waals surface area contributed by atoms with Crippen molar-refractivity contribution in [1.82, 2.24) is 20.2 Å². The second kappa shape index (κ2) is 8.53. The summed E-state index contributed by atoms with van der Waals surface area (Å²) in [5.74, 6) is 0.267. The number of esters is 1. The monoisotopic (exact) mass is 406 g/mol. The molecule has 7 nitrogen and oxygen atoms in total. The first-order chi connectivity index (χ1) is 14.2. The van der Waals surface area contributed by atoms with E-state index in [9.17, 15) is 4.79 Å². The Balaban J connectivity index is 1.67. The number of furan rings is 1. The van der Waals surface area contributed by atoms with Crippen molar-refractivity contribution in [3.05, 3.63) is 89.3 Å². The van der Waals surface area contributed by atoms with Crippen LogP contribution in [0.5, 0.6) is 0 Å². The Kier molecular flexibility index (Phi) is 5.49. The van der Waals surface area contributed by atoms with Gasteiger partial charge in [-0.2, -0.15) is 4.68 Å². The van der Waals surface area contributed by atoms with Crippen molar-refractivity contribution in [1.29, 1.82) is 0 Å². The molecule has 0 unspecified atom stereocenters. The van der Waals surface area contributed by atoms with Gasteiger partial charge in [0.15, 0.2) is 11.5 Å². The van der Waals surface area contributed by atoms with Crippen LogP contribution in [0.25, 0.3) is 23.2 Å². The van der Waals surface area contributed by atoms with Crippen molar-refractivity contribution >= 4 is 29.3 Å². The molecule has 0 saturated carbocycles. The van der Waals surface area contributed by atoms with Gasteiger partial charge >= 0.3 is 5.97 Å². The molecule has 0 spiro atoms. The van der Waals surface area contributed by atoms with E-state index < -0.39 is 5.97 Å². The Morgan fingerprint density at radius 2 is 1.97 bits per heavy atom. The van der Waals surface area contributed by atoms with Crippen LogP contribution < -0.4 is 0 Å². The predicted octanol–water partition coefficient (Wildman–Crippen LogP) is 4.33. The summed E-state index contributed by atoms with van der Waals surface area (Å²) in [4.78, 5) is 12.9. The van der Waals surface area contributed by atoms with Crippen LogP contribution in [0.2, 0.25) is 5.02 Å². The zero-order valence-corrected chi connectivity index (χ0v) is 15.9. The Bertz CT molecular complexity index is 1140. The van der Waals surface area contributed by atoms with Crippen molar-refractivity contribution in [2.75, 3.05) is 0 Å². The molecule has 2 aromatic carbocycles. The molecule has 4 rings (SSSR count). The molecule has 2 aromatic heterocycles. The van der Waals surface area contributed by atoms with Gasteiger partial charge in [0.25, 0.3) is 0 Å². The predicted molar refractivity (Wildman–Crippen MR) is 107 cm³/mol. The molecule has 4 aromatic rings. The van der Waals surface area contributed by atoms with Gasteiger partial charge in [0.1, 0.15) is 12.4 Å². The molecule has 0 bridgehead atoms. The standard InChI is InChI=1S/C21H15ClN4O3/c22-17-9-4-6-15(12-17)14-29-21(27)19(13-18-10-5-11-28-18)26-20(23-24-25-26)16-7-2-1-3-8-16/h1-13H,14H2/b19-13-. The van der Waals surface area contributed by atoms with Crippen LogP contribution in [0, 0.1) is 0 Å². The first kappa shape index (κ1) is 18.6. The summed E-state index contributed by atoms with van der Waals surface area (Å²) in [5.41, 5.74) is 1.64. The van der Waals surface area contributed by atoms with Gasteiger partial charge in [-0.05, 0) is 40.3 Å². The van der Waals surface area contributed by atoms with Crippen molar-refractivity contribution in [2.24, 2.45) is 0 Å². The van der Waals surface area contributed by atoms with E-state index in [1.165, 1.54) is 17.0 Å².